The molecule has 0 amide bonds. The van der Waals surface area contributed by atoms with E-state index in [2.05, 4.69) is 66.5 Å². The first-order valence-electron chi connectivity index (χ1n) is 5.67. The molecule has 0 spiro atoms. The van der Waals surface area contributed by atoms with E-state index < -0.39 is 0 Å². The van der Waals surface area contributed by atoms with Gasteiger partial charge in [-0.2, -0.15) is 0 Å². The zero-order valence-electron chi connectivity index (χ0n) is 9.48. The van der Waals surface area contributed by atoms with Gasteiger partial charge in [-0.3, -0.25) is 0 Å². The van der Waals surface area contributed by atoms with E-state index in [1.165, 1.54) is 21.5 Å². The Labute approximate surface area is 100 Å². The minimum absolute atomic E-state index is 1.10. The highest BCUT2D eigenvalue weighted by Crippen LogP contribution is 2.28. The minimum Gasteiger partial charge on any atom is -0.362 e. The zero-order valence-corrected chi connectivity index (χ0v) is 9.48. The van der Waals surface area contributed by atoms with Crippen molar-refractivity contribution in [3.63, 3.8) is 0 Å². The SMILES string of the molecule is C=CNc1cccc2cc3ccccc3cc12. The number of fused-ring (bicyclic) bond motifs is 2. The van der Waals surface area contributed by atoms with Crippen LogP contribution in [0.25, 0.3) is 21.5 Å². The van der Waals surface area contributed by atoms with Crippen molar-refractivity contribution >= 4 is 27.2 Å². The van der Waals surface area contributed by atoms with Crippen LogP contribution in [-0.2, 0) is 0 Å². The van der Waals surface area contributed by atoms with Crippen molar-refractivity contribution < 1.29 is 0 Å². The molecule has 0 unspecified atom stereocenters. The van der Waals surface area contributed by atoms with Gasteiger partial charge in [-0.1, -0.05) is 43.0 Å². The minimum atomic E-state index is 1.10. The molecule has 3 aromatic rings. The Kier molecular flexibility index (Phi) is 2.30. The first kappa shape index (κ1) is 9.91. The molecule has 0 aliphatic rings. The Bertz CT molecular complexity index is 698. The normalized spacial score (nSPS) is 10.6. The van der Waals surface area contributed by atoms with E-state index in [0.717, 1.165) is 5.69 Å². The van der Waals surface area contributed by atoms with E-state index >= 15 is 0 Å². The Balaban J connectivity index is 2.39. The molecule has 0 heterocycles. The fourth-order valence-corrected chi connectivity index (χ4v) is 2.20. The van der Waals surface area contributed by atoms with Gasteiger partial charge in [-0.25, -0.2) is 0 Å². The van der Waals surface area contributed by atoms with Crippen LogP contribution in [0.2, 0.25) is 0 Å². The topological polar surface area (TPSA) is 12.0 Å². The van der Waals surface area contributed by atoms with Gasteiger partial charge in [0.2, 0.25) is 0 Å². The molecule has 3 aromatic carbocycles. The summed E-state index contributed by atoms with van der Waals surface area (Å²) in [7, 11) is 0. The highest BCUT2D eigenvalue weighted by molar-refractivity contribution is 6.03. The standard InChI is InChI=1S/C16H13N/c1-2-17-16-9-5-8-14-10-12-6-3-4-7-13(12)11-15(14)16/h2-11,17H,1H2. The van der Waals surface area contributed by atoms with Crippen LogP contribution in [0, 0.1) is 0 Å². The van der Waals surface area contributed by atoms with Gasteiger partial charge < -0.3 is 5.32 Å². The van der Waals surface area contributed by atoms with Crippen molar-refractivity contribution in [2.75, 3.05) is 5.32 Å². The molecule has 0 bridgehead atoms. The third-order valence-corrected chi connectivity index (χ3v) is 3.00. The molecule has 1 nitrogen and oxygen atoms in total. The summed E-state index contributed by atoms with van der Waals surface area (Å²) < 4.78 is 0. The lowest BCUT2D eigenvalue weighted by Crippen LogP contribution is -1.87. The van der Waals surface area contributed by atoms with Crippen LogP contribution >= 0.6 is 0 Å². The fourth-order valence-electron chi connectivity index (χ4n) is 2.20. The second-order valence-corrected chi connectivity index (χ2v) is 4.07. The van der Waals surface area contributed by atoms with Gasteiger partial charge in [0.05, 0.1) is 0 Å². The molecule has 0 fully saturated rings. The van der Waals surface area contributed by atoms with Gasteiger partial charge in [0.1, 0.15) is 0 Å². The molecule has 0 saturated carbocycles. The summed E-state index contributed by atoms with van der Waals surface area (Å²) in [6, 6.07) is 19.1. The summed E-state index contributed by atoms with van der Waals surface area (Å²) in [4.78, 5) is 0. The van der Waals surface area contributed by atoms with E-state index in [-0.39, 0.29) is 0 Å². The number of hydrogen-bond acceptors (Lipinski definition) is 1. The van der Waals surface area contributed by atoms with Crippen molar-refractivity contribution in [2.45, 2.75) is 0 Å². The van der Waals surface area contributed by atoms with Crippen molar-refractivity contribution in [2.24, 2.45) is 0 Å². The summed E-state index contributed by atoms with van der Waals surface area (Å²) in [5.41, 5.74) is 1.10. The molecular weight excluding hydrogens is 206 g/mol. The van der Waals surface area contributed by atoms with Crippen LogP contribution in [0.1, 0.15) is 0 Å². The first-order chi connectivity index (χ1) is 8.38. The molecule has 1 heteroatoms. The van der Waals surface area contributed by atoms with E-state index in [1.54, 1.807) is 6.20 Å². The molecule has 1 N–H and O–H groups in total. The number of nitrogens with one attached hydrogen (secondary N) is 1. The lowest BCUT2D eigenvalue weighted by atomic mass is 10.0. The zero-order chi connectivity index (χ0) is 11.7. The van der Waals surface area contributed by atoms with Crippen LogP contribution in [0.4, 0.5) is 5.69 Å². The maximum atomic E-state index is 3.71. The molecule has 0 saturated heterocycles. The molecule has 0 atom stereocenters. The average Bonchev–Trinajstić information content (AvgIpc) is 2.37. The Morgan fingerprint density at radius 2 is 1.53 bits per heavy atom. The highest BCUT2D eigenvalue weighted by atomic mass is 14.8. The fraction of sp³-hybridized carbons (Fsp3) is 0. The largest absolute Gasteiger partial charge is 0.362 e. The summed E-state index contributed by atoms with van der Waals surface area (Å²) in [5.74, 6) is 0. The quantitative estimate of drug-likeness (QED) is 0.623. The predicted molar refractivity (Wildman–Crippen MR) is 75.3 cm³/mol. The number of anilines is 1. The molecule has 0 aliphatic heterocycles. The number of benzene rings is 3. The molecule has 3 rings (SSSR count). The maximum absolute atomic E-state index is 3.71. The van der Waals surface area contributed by atoms with Gasteiger partial charge in [0.25, 0.3) is 0 Å². The van der Waals surface area contributed by atoms with E-state index in [1.807, 2.05) is 0 Å². The van der Waals surface area contributed by atoms with Crippen molar-refractivity contribution in [3.05, 3.63) is 67.4 Å². The number of hydrogen-bond donors (Lipinski definition) is 1. The second kappa shape index (κ2) is 3.95. The van der Waals surface area contributed by atoms with Crippen LogP contribution < -0.4 is 5.32 Å². The maximum Gasteiger partial charge on any atom is 0.0459 e. The second-order valence-electron chi connectivity index (χ2n) is 4.07. The van der Waals surface area contributed by atoms with Gasteiger partial charge in [0.15, 0.2) is 0 Å². The monoisotopic (exact) mass is 219 g/mol. The van der Waals surface area contributed by atoms with Crippen molar-refractivity contribution in [1.82, 2.24) is 0 Å². The van der Waals surface area contributed by atoms with Crippen molar-refractivity contribution in [3.8, 4) is 0 Å². The van der Waals surface area contributed by atoms with Crippen LogP contribution in [0.15, 0.2) is 67.4 Å². The van der Waals surface area contributed by atoms with Gasteiger partial charge in [-0.15, -0.1) is 0 Å². The predicted octanol–water partition coefficient (Wildman–Crippen LogP) is 4.55. The summed E-state index contributed by atoms with van der Waals surface area (Å²) in [6.07, 6.45) is 1.71. The summed E-state index contributed by atoms with van der Waals surface area (Å²) in [6.45, 7) is 3.71. The molecular formula is C16H13N. The van der Waals surface area contributed by atoms with E-state index in [0.29, 0.717) is 0 Å². The third kappa shape index (κ3) is 1.66. The summed E-state index contributed by atoms with van der Waals surface area (Å²) >= 11 is 0. The molecule has 0 aromatic heterocycles. The first-order valence-corrected chi connectivity index (χ1v) is 5.67. The average molecular weight is 219 g/mol. The van der Waals surface area contributed by atoms with Crippen LogP contribution in [-0.4, -0.2) is 0 Å². The van der Waals surface area contributed by atoms with Crippen LogP contribution in [0.5, 0.6) is 0 Å². The third-order valence-electron chi connectivity index (χ3n) is 3.00. The Morgan fingerprint density at radius 3 is 2.29 bits per heavy atom. The molecule has 82 valence electrons. The van der Waals surface area contributed by atoms with Gasteiger partial charge >= 0.3 is 0 Å². The Hall–Kier alpha value is -2.28. The Morgan fingerprint density at radius 1 is 0.824 bits per heavy atom. The summed E-state index contributed by atoms with van der Waals surface area (Å²) in [5, 5.41) is 8.19. The number of rotatable bonds is 2. The lowest BCUT2D eigenvalue weighted by molar-refractivity contribution is 1.65. The highest BCUT2D eigenvalue weighted by Gasteiger charge is 2.01. The molecule has 0 aliphatic carbocycles. The van der Waals surface area contributed by atoms with E-state index in [4.69, 9.17) is 0 Å². The van der Waals surface area contributed by atoms with E-state index in [9.17, 15) is 0 Å². The molecule has 17 heavy (non-hydrogen) atoms. The lowest BCUT2D eigenvalue weighted by Gasteiger charge is -2.07. The van der Waals surface area contributed by atoms with Crippen LogP contribution in [0.3, 0.4) is 0 Å². The van der Waals surface area contributed by atoms with Crippen molar-refractivity contribution in [1.29, 1.82) is 0 Å². The van der Waals surface area contributed by atoms with Gasteiger partial charge in [-0.05, 0) is 40.6 Å². The van der Waals surface area contributed by atoms with Gasteiger partial charge in [0, 0.05) is 11.1 Å². The smallest absolute Gasteiger partial charge is 0.0459 e. The molecule has 0 radical (unpaired) electrons.